The third-order valence-corrected chi connectivity index (χ3v) is 3.43. The zero-order valence-electron chi connectivity index (χ0n) is 13.0. The van der Waals surface area contributed by atoms with E-state index in [0.29, 0.717) is 18.7 Å². The number of aryl methyl sites for hydroxylation is 1. The summed E-state index contributed by atoms with van der Waals surface area (Å²) in [5, 5.41) is 15.2. The van der Waals surface area contributed by atoms with Gasteiger partial charge in [0.15, 0.2) is 0 Å². The number of carboxylic acids is 1. The first-order valence-corrected chi connectivity index (χ1v) is 7.60. The van der Waals surface area contributed by atoms with Crippen LogP contribution in [0.5, 0.6) is 0 Å². The Labute approximate surface area is 134 Å². The molecule has 6 nitrogen and oxygen atoms in total. The molecular formula is C17H20N2O4. The SMILES string of the molecule is Cc1ccc(-c2cc(C(=O)NCCCCCC(=O)O)on2)cc1. The van der Waals surface area contributed by atoms with Crippen molar-refractivity contribution in [2.24, 2.45) is 0 Å². The number of nitrogens with zero attached hydrogens (tertiary/aromatic N) is 1. The lowest BCUT2D eigenvalue weighted by atomic mass is 10.1. The first kappa shape index (κ1) is 16.7. The number of aliphatic carboxylic acids is 1. The molecule has 0 spiro atoms. The zero-order valence-corrected chi connectivity index (χ0v) is 13.0. The van der Waals surface area contributed by atoms with Crippen molar-refractivity contribution < 1.29 is 19.2 Å². The lowest BCUT2D eigenvalue weighted by molar-refractivity contribution is -0.137. The maximum atomic E-state index is 11.9. The van der Waals surface area contributed by atoms with Crippen LogP contribution in [0.25, 0.3) is 11.3 Å². The van der Waals surface area contributed by atoms with Gasteiger partial charge >= 0.3 is 5.97 Å². The van der Waals surface area contributed by atoms with Gasteiger partial charge in [0, 0.05) is 24.6 Å². The molecule has 6 heteroatoms. The van der Waals surface area contributed by atoms with Crippen LogP contribution in [0.3, 0.4) is 0 Å². The molecule has 0 aliphatic carbocycles. The van der Waals surface area contributed by atoms with E-state index in [1.807, 2.05) is 31.2 Å². The standard InChI is InChI=1S/C17H20N2O4/c1-12-6-8-13(9-7-12)14-11-15(23-19-14)17(22)18-10-4-2-3-5-16(20)21/h6-9,11H,2-5,10H2,1H3,(H,18,22)(H,20,21). The number of rotatable bonds is 8. The Kier molecular flexibility index (Phi) is 5.91. The Balaban J connectivity index is 1.79. The van der Waals surface area contributed by atoms with Gasteiger partial charge in [-0.25, -0.2) is 0 Å². The van der Waals surface area contributed by atoms with E-state index in [-0.39, 0.29) is 18.1 Å². The monoisotopic (exact) mass is 316 g/mol. The van der Waals surface area contributed by atoms with E-state index in [2.05, 4.69) is 10.5 Å². The molecule has 1 aromatic heterocycles. The number of benzene rings is 1. The van der Waals surface area contributed by atoms with E-state index in [1.54, 1.807) is 6.07 Å². The average Bonchev–Trinajstić information content (AvgIpc) is 3.01. The van der Waals surface area contributed by atoms with Crippen LogP contribution in [-0.2, 0) is 4.79 Å². The number of aromatic nitrogens is 1. The lowest BCUT2D eigenvalue weighted by Crippen LogP contribution is -2.23. The molecule has 0 fully saturated rings. The summed E-state index contributed by atoms with van der Waals surface area (Å²) in [4.78, 5) is 22.3. The van der Waals surface area contributed by atoms with Crippen molar-refractivity contribution in [2.75, 3.05) is 6.54 Å². The van der Waals surface area contributed by atoms with Crippen LogP contribution < -0.4 is 5.32 Å². The molecule has 0 aliphatic rings. The fourth-order valence-corrected chi connectivity index (χ4v) is 2.11. The van der Waals surface area contributed by atoms with Gasteiger partial charge in [-0.1, -0.05) is 41.4 Å². The minimum Gasteiger partial charge on any atom is -0.481 e. The van der Waals surface area contributed by atoms with Gasteiger partial charge in [0.2, 0.25) is 5.76 Å². The molecule has 0 unspecified atom stereocenters. The van der Waals surface area contributed by atoms with Crippen LogP contribution in [0, 0.1) is 6.92 Å². The summed E-state index contributed by atoms with van der Waals surface area (Å²) in [6.45, 7) is 2.49. The van der Waals surface area contributed by atoms with Crippen LogP contribution in [-0.4, -0.2) is 28.7 Å². The fourth-order valence-electron chi connectivity index (χ4n) is 2.11. The molecule has 0 atom stereocenters. The first-order chi connectivity index (χ1) is 11.1. The molecule has 0 aliphatic heterocycles. The number of carbonyl (C=O) groups is 2. The van der Waals surface area contributed by atoms with Crippen molar-refractivity contribution in [1.29, 1.82) is 0 Å². The first-order valence-electron chi connectivity index (χ1n) is 7.60. The van der Waals surface area contributed by atoms with E-state index in [1.165, 1.54) is 0 Å². The van der Waals surface area contributed by atoms with Gasteiger partial charge in [0.05, 0.1) is 0 Å². The molecule has 23 heavy (non-hydrogen) atoms. The summed E-state index contributed by atoms with van der Waals surface area (Å²) in [6.07, 6.45) is 2.27. The second kappa shape index (κ2) is 8.12. The van der Waals surface area contributed by atoms with Gasteiger partial charge in [-0.15, -0.1) is 0 Å². The molecule has 0 radical (unpaired) electrons. The molecule has 122 valence electrons. The van der Waals surface area contributed by atoms with E-state index < -0.39 is 5.97 Å². The summed E-state index contributed by atoms with van der Waals surface area (Å²) in [6, 6.07) is 9.42. The van der Waals surface area contributed by atoms with E-state index in [9.17, 15) is 9.59 Å². The largest absolute Gasteiger partial charge is 0.481 e. The number of nitrogens with one attached hydrogen (secondary N) is 1. The van der Waals surface area contributed by atoms with Gasteiger partial charge in [-0.05, 0) is 19.8 Å². The van der Waals surface area contributed by atoms with E-state index in [4.69, 9.17) is 9.63 Å². The highest BCUT2D eigenvalue weighted by molar-refractivity contribution is 5.92. The highest BCUT2D eigenvalue weighted by atomic mass is 16.5. The molecular weight excluding hydrogens is 296 g/mol. The third kappa shape index (κ3) is 5.25. The molecule has 0 bridgehead atoms. The summed E-state index contributed by atoms with van der Waals surface area (Å²) >= 11 is 0. The highest BCUT2D eigenvalue weighted by Gasteiger charge is 2.13. The van der Waals surface area contributed by atoms with Crippen LogP contribution in [0.2, 0.25) is 0 Å². The van der Waals surface area contributed by atoms with Crippen LogP contribution in [0.4, 0.5) is 0 Å². The third-order valence-electron chi connectivity index (χ3n) is 3.43. The second-order valence-corrected chi connectivity index (χ2v) is 5.40. The molecule has 0 saturated heterocycles. The minimum absolute atomic E-state index is 0.163. The van der Waals surface area contributed by atoms with Gasteiger partial charge in [-0.3, -0.25) is 9.59 Å². The highest BCUT2D eigenvalue weighted by Crippen LogP contribution is 2.19. The molecule has 1 amide bonds. The van der Waals surface area contributed by atoms with Gasteiger partial charge in [-0.2, -0.15) is 0 Å². The van der Waals surface area contributed by atoms with Crippen molar-refractivity contribution in [2.45, 2.75) is 32.6 Å². The zero-order chi connectivity index (χ0) is 16.7. The molecule has 2 aromatic rings. The Morgan fingerprint density at radius 1 is 1.17 bits per heavy atom. The summed E-state index contributed by atoms with van der Waals surface area (Å²) in [7, 11) is 0. The predicted molar refractivity (Wildman–Crippen MR) is 85.1 cm³/mol. The number of amides is 1. The average molecular weight is 316 g/mol. The van der Waals surface area contributed by atoms with Gasteiger partial charge in [0.1, 0.15) is 5.69 Å². The maximum Gasteiger partial charge on any atom is 0.303 e. The Morgan fingerprint density at radius 2 is 1.91 bits per heavy atom. The van der Waals surface area contributed by atoms with Crippen molar-refractivity contribution in [3.05, 3.63) is 41.7 Å². The van der Waals surface area contributed by atoms with Crippen molar-refractivity contribution in [3.8, 4) is 11.3 Å². The Hall–Kier alpha value is -2.63. The summed E-state index contributed by atoms with van der Waals surface area (Å²) in [5.74, 6) is -0.931. The van der Waals surface area contributed by atoms with Gasteiger partial charge in [0.25, 0.3) is 5.91 Å². The quantitative estimate of drug-likeness (QED) is 0.730. The van der Waals surface area contributed by atoms with Crippen molar-refractivity contribution in [1.82, 2.24) is 10.5 Å². The topological polar surface area (TPSA) is 92.4 Å². The smallest absolute Gasteiger partial charge is 0.303 e. The van der Waals surface area contributed by atoms with E-state index in [0.717, 1.165) is 24.0 Å². The lowest BCUT2D eigenvalue weighted by Gasteiger charge is -2.01. The second-order valence-electron chi connectivity index (χ2n) is 5.40. The predicted octanol–water partition coefficient (Wildman–Crippen LogP) is 3.02. The molecule has 1 aromatic carbocycles. The van der Waals surface area contributed by atoms with E-state index >= 15 is 0 Å². The number of hydrogen-bond acceptors (Lipinski definition) is 4. The maximum absolute atomic E-state index is 11.9. The normalized spacial score (nSPS) is 10.5. The number of unbranched alkanes of at least 4 members (excludes halogenated alkanes) is 2. The Morgan fingerprint density at radius 3 is 2.61 bits per heavy atom. The van der Waals surface area contributed by atoms with Crippen molar-refractivity contribution >= 4 is 11.9 Å². The number of hydrogen-bond donors (Lipinski definition) is 2. The van der Waals surface area contributed by atoms with Crippen molar-refractivity contribution in [3.63, 3.8) is 0 Å². The molecule has 1 heterocycles. The number of carboxylic acid groups (broad SMARTS) is 1. The Bertz CT molecular complexity index is 661. The van der Waals surface area contributed by atoms with Crippen LogP contribution in [0.1, 0.15) is 41.8 Å². The van der Waals surface area contributed by atoms with Gasteiger partial charge < -0.3 is 14.9 Å². The molecule has 0 saturated carbocycles. The number of carbonyl (C=O) groups excluding carboxylic acids is 1. The molecule has 2 rings (SSSR count). The summed E-state index contributed by atoms with van der Waals surface area (Å²) in [5.41, 5.74) is 2.67. The molecule has 2 N–H and O–H groups in total. The van der Waals surface area contributed by atoms with Crippen LogP contribution >= 0.6 is 0 Å². The summed E-state index contributed by atoms with van der Waals surface area (Å²) < 4.78 is 5.08. The fraction of sp³-hybridized carbons (Fsp3) is 0.353. The van der Waals surface area contributed by atoms with Crippen LogP contribution in [0.15, 0.2) is 34.9 Å². The minimum atomic E-state index is -0.792.